The maximum absolute atomic E-state index is 14.0. The largest absolute Gasteiger partial charge is 0.493 e. The summed E-state index contributed by atoms with van der Waals surface area (Å²) in [6, 6.07) is 2.49. The minimum absolute atomic E-state index is 0.0522. The predicted molar refractivity (Wildman–Crippen MR) is 175 cm³/mol. The predicted octanol–water partition coefficient (Wildman–Crippen LogP) is 7.51. The van der Waals surface area contributed by atoms with E-state index in [0.717, 1.165) is 17.1 Å². The number of aromatic nitrogens is 3. The number of carbonyl (C=O) groups excluding carboxylic acids is 2. The van der Waals surface area contributed by atoms with Crippen molar-refractivity contribution in [3.63, 3.8) is 0 Å². The minimum atomic E-state index is -4.66. The third kappa shape index (κ3) is 7.97. The summed E-state index contributed by atoms with van der Waals surface area (Å²) >= 11 is 0. The molecule has 3 N–H and O–H groups in total. The third-order valence-corrected chi connectivity index (χ3v) is 8.63. The molecule has 1 saturated heterocycles. The van der Waals surface area contributed by atoms with Crippen LogP contribution in [0.1, 0.15) is 74.5 Å². The van der Waals surface area contributed by atoms with Crippen molar-refractivity contribution in [2.75, 3.05) is 18.9 Å². The number of benzene rings is 1. The molecule has 2 aromatic heterocycles. The van der Waals surface area contributed by atoms with E-state index in [4.69, 9.17) is 15.5 Å². The molecule has 0 spiro atoms. The second-order valence-corrected chi connectivity index (χ2v) is 12.4. The van der Waals surface area contributed by atoms with Gasteiger partial charge in [-0.15, -0.1) is 0 Å². The molecule has 2 atom stereocenters. The number of piperidine rings is 1. The number of alkyl halides is 6. The van der Waals surface area contributed by atoms with Crippen LogP contribution in [0.2, 0.25) is 0 Å². The van der Waals surface area contributed by atoms with Crippen LogP contribution in [0.4, 0.5) is 32.2 Å². The zero-order valence-corrected chi connectivity index (χ0v) is 27.6. The van der Waals surface area contributed by atoms with E-state index in [0.29, 0.717) is 48.3 Å². The number of fused-ring (bicyclic) bond motifs is 1. The van der Waals surface area contributed by atoms with Gasteiger partial charge in [0.05, 0.1) is 12.2 Å². The highest BCUT2D eigenvalue weighted by Gasteiger charge is 2.51. The fourth-order valence-corrected chi connectivity index (χ4v) is 6.07. The van der Waals surface area contributed by atoms with Gasteiger partial charge in [0.1, 0.15) is 34.6 Å². The van der Waals surface area contributed by atoms with Crippen molar-refractivity contribution < 1.29 is 40.7 Å². The maximum Gasteiger partial charge on any atom is 0.416 e. The Bertz CT molecular complexity index is 1830. The molecule has 50 heavy (non-hydrogen) atoms. The van der Waals surface area contributed by atoms with E-state index < -0.39 is 47.6 Å². The molecule has 2 amide bonds. The molecular formula is C35H38F6N6O3. The van der Waals surface area contributed by atoms with Crippen molar-refractivity contribution >= 4 is 23.1 Å². The summed E-state index contributed by atoms with van der Waals surface area (Å²) in [4.78, 5) is 36.1. The summed E-state index contributed by atoms with van der Waals surface area (Å²) in [5.74, 6) is -1.55. The van der Waals surface area contributed by atoms with Gasteiger partial charge in [0.15, 0.2) is 0 Å². The average molecular weight is 705 g/mol. The molecule has 9 nitrogen and oxygen atoms in total. The first-order valence-electron chi connectivity index (χ1n) is 16.4. The van der Waals surface area contributed by atoms with Crippen molar-refractivity contribution in [1.29, 1.82) is 0 Å². The maximum atomic E-state index is 14.0. The molecule has 3 heterocycles. The summed E-state index contributed by atoms with van der Waals surface area (Å²) < 4.78 is 90.2. The van der Waals surface area contributed by atoms with Gasteiger partial charge in [0, 0.05) is 47.6 Å². The lowest BCUT2D eigenvalue weighted by molar-refractivity contribution is -0.197. The number of halogens is 6. The van der Waals surface area contributed by atoms with Crippen LogP contribution in [0, 0.1) is 5.92 Å². The summed E-state index contributed by atoms with van der Waals surface area (Å²) in [6.07, 6.45) is -1.05. The lowest BCUT2D eigenvalue weighted by Gasteiger charge is -2.40. The highest BCUT2D eigenvalue weighted by Crippen LogP contribution is 2.43. The molecule has 3 aromatic rings. The number of carbonyl (C=O) groups is 2. The lowest BCUT2D eigenvalue weighted by atomic mass is 9.91. The summed E-state index contributed by atoms with van der Waals surface area (Å²) in [6.45, 7) is 7.10. The van der Waals surface area contributed by atoms with Crippen molar-refractivity contribution in [2.24, 2.45) is 5.92 Å². The van der Waals surface area contributed by atoms with Gasteiger partial charge in [-0.3, -0.25) is 14.0 Å². The molecular weight excluding hydrogens is 666 g/mol. The van der Waals surface area contributed by atoms with E-state index in [1.807, 2.05) is 6.92 Å². The molecule has 1 aliphatic carbocycles. The summed E-state index contributed by atoms with van der Waals surface area (Å²) in [5, 5.41) is 2.38. The van der Waals surface area contributed by atoms with Crippen LogP contribution >= 0.6 is 0 Å². The Morgan fingerprint density at radius 3 is 2.50 bits per heavy atom. The zero-order chi connectivity index (χ0) is 36.4. The number of allylic oxidation sites excluding steroid dienone is 4. The highest BCUT2D eigenvalue weighted by molar-refractivity contribution is 5.97. The molecule has 0 radical (unpaired) electrons. The highest BCUT2D eigenvalue weighted by atomic mass is 19.4. The number of nitrogens with two attached hydrogens (primary N) is 1. The number of unbranched alkanes of at least 4 members (excludes halogenated alkanes) is 1. The van der Waals surface area contributed by atoms with E-state index in [1.165, 1.54) is 30.5 Å². The lowest BCUT2D eigenvalue weighted by Crippen LogP contribution is -2.53. The SMILES string of the molecule is C=C(/C=C(\C=C/CCC)C(F)(F)F)NC(=O)c1ccc(-c2nc([C@H]3CC[C@@H](C(F)(F)F)N(C(=O)C4CC4)C3)n3ccnc(N)c23)c(OCC)c1. The quantitative estimate of drug-likeness (QED) is 0.158. The molecule has 5 rings (SSSR count). The molecule has 0 bridgehead atoms. The number of anilines is 1. The zero-order valence-electron chi connectivity index (χ0n) is 27.6. The molecule has 1 saturated carbocycles. The topological polar surface area (TPSA) is 115 Å². The number of hydrogen-bond donors (Lipinski definition) is 2. The smallest absolute Gasteiger partial charge is 0.416 e. The first kappa shape index (κ1) is 36.5. The number of imidazole rings is 1. The Morgan fingerprint density at radius 2 is 1.86 bits per heavy atom. The second kappa shape index (κ2) is 14.6. The van der Waals surface area contributed by atoms with Gasteiger partial charge in [-0.25, -0.2) is 9.97 Å². The Morgan fingerprint density at radius 1 is 1.12 bits per heavy atom. The first-order chi connectivity index (χ1) is 23.6. The van der Waals surface area contributed by atoms with Gasteiger partial charge in [-0.1, -0.05) is 32.1 Å². The Hall–Kier alpha value is -4.82. The fraction of sp³-hybridized carbons (Fsp3) is 0.429. The Balaban J connectivity index is 1.48. The van der Waals surface area contributed by atoms with Gasteiger partial charge in [-0.2, -0.15) is 26.3 Å². The van der Waals surface area contributed by atoms with Crippen molar-refractivity contribution in [1.82, 2.24) is 24.6 Å². The molecule has 2 fully saturated rings. The fourth-order valence-electron chi connectivity index (χ4n) is 6.07. The number of nitrogens with one attached hydrogen (secondary N) is 1. The number of rotatable bonds is 11. The molecule has 2 aliphatic rings. The molecule has 1 aromatic carbocycles. The normalized spacial score (nSPS) is 18.9. The Labute approximate surface area is 284 Å². The molecule has 268 valence electrons. The summed E-state index contributed by atoms with van der Waals surface area (Å²) in [5.41, 5.74) is 6.16. The van der Waals surface area contributed by atoms with Gasteiger partial charge in [0.2, 0.25) is 5.91 Å². The van der Waals surface area contributed by atoms with Gasteiger partial charge in [0.25, 0.3) is 5.91 Å². The van der Waals surface area contributed by atoms with Crippen LogP contribution < -0.4 is 15.8 Å². The van der Waals surface area contributed by atoms with E-state index in [9.17, 15) is 35.9 Å². The number of hydrogen-bond acceptors (Lipinski definition) is 6. The van der Waals surface area contributed by atoms with E-state index in [-0.39, 0.29) is 48.8 Å². The molecule has 15 heteroatoms. The van der Waals surface area contributed by atoms with Crippen LogP contribution in [0.15, 0.2) is 66.7 Å². The van der Waals surface area contributed by atoms with E-state index >= 15 is 0 Å². The Kier molecular flexibility index (Phi) is 10.6. The van der Waals surface area contributed by atoms with Crippen molar-refractivity contribution in [2.45, 2.75) is 76.7 Å². The van der Waals surface area contributed by atoms with Crippen LogP contribution in [0.3, 0.4) is 0 Å². The number of amides is 2. The average Bonchev–Trinajstić information content (AvgIpc) is 3.83. The summed E-state index contributed by atoms with van der Waals surface area (Å²) in [7, 11) is 0. The van der Waals surface area contributed by atoms with Crippen LogP contribution in [-0.4, -0.2) is 62.6 Å². The van der Waals surface area contributed by atoms with Crippen LogP contribution in [0.5, 0.6) is 5.75 Å². The first-order valence-corrected chi connectivity index (χ1v) is 16.4. The number of nitrogen functional groups attached to an aromatic ring is 1. The molecule has 0 unspecified atom stereocenters. The van der Waals surface area contributed by atoms with Gasteiger partial charge in [-0.05, 0) is 63.3 Å². The monoisotopic (exact) mass is 704 g/mol. The number of likely N-dealkylation sites (tertiary alicyclic amines) is 1. The van der Waals surface area contributed by atoms with Gasteiger partial charge < -0.3 is 20.7 Å². The molecule has 1 aliphatic heterocycles. The minimum Gasteiger partial charge on any atom is -0.493 e. The standard InChI is InChI=1S/C35H38F6N6O3/c1-4-6-7-8-24(34(36,37)38)17-20(3)44-32(48)22-11-13-25(26(18-22)50-5-2)28-29-30(42)43-15-16-46(29)31(45-28)23-12-14-27(35(39,40)41)47(19-23)33(49)21-9-10-21/h7-8,11,13,15-18,21,23,27H,3-6,9-10,12,14,19H2,1-2H3,(H2,42,43)(H,44,48)/b8-7-,24-17+/t23-,27-/m0/s1. The van der Waals surface area contributed by atoms with E-state index in [1.54, 1.807) is 17.5 Å². The third-order valence-electron chi connectivity index (χ3n) is 8.63. The van der Waals surface area contributed by atoms with Crippen molar-refractivity contribution in [3.8, 4) is 17.0 Å². The number of ether oxygens (including phenoxy) is 1. The number of nitrogens with zero attached hydrogens (tertiary/aromatic N) is 4. The van der Waals surface area contributed by atoms with Gasteiger partial charge >= 0.3 is 12.4 Å². The van der Waals surface area contributed by atoms with Crippen molar-refractivity contribution in [3.05, 3.63) is 78.1 Å². The second-order valence-electron chi connectivity index (χ2n) is 12.4. The van der Waals surface area contributed by atoms with Crippen LogP contribution in [-0.2, 0) is 4.79 Å². The van der Waals surface area contributed by atoms with E-state index in [2.05, 4.69) is 16.9 Å². The van der Waals surface area contributed by atoms with Crippen LogP contribution in [0.25, 0.3) is 16.8 Å².